The van der Waals surface area contributed by atoms with Gasteiger partial charge in [-0.3, -0.25) is 0 Å². The molecule has 0 amide bonds. The molecule has 4 N–H and O–H groups in total. The van der Waals surface area contributed by atoms with Crippen LogP contribution in [-0.4, -0.2) is 28.6 Å². The van der Waals surface area contributed by atoms with Crippen LogP contribution in [0.15, 0.2) is 18.2 Å². The van der Waals surface area contributed by atoms with Crippen LogP contribution in [0.1, 0.15) is 23.2 Å². The third kappa shape index (κ3) is 2.85. The van der Waals surface area contributed by atoms with Gasteiger partial charge in [-0.2, -0.15) is 11.8 Å². The molecule has 1 aliphatic heterocycles. The summed E-state index contributed by atoms with van der Waals surface area (Å²) in [5.74, 6) is 1.30. The van der Waals surface area contributed by atoms with Crippen LogP contribution in [-0.2, 0) is 0 Å². The molecule has 5 heteroatoms. The van der Waals surface area contributed by atoms with E-state index in [4.69, 9.17) is 10.8 Å². The number of carboxylic acids is 1. The molecule has 0 unspecified atom stereocenters. The van der Waals surface area contributed by atoms with Gasteiger partial charge < -0.3 is 16.2 Å². The summed E-state index contributed by atoms with van der Waals surface area (Å²) in [5.41, 5.74) is 7.17. The topological polar surface area (TPSA) is 75.4 Å². The molecule has 2 rings (SSSR count). The molecule has 17 heavy (non-hydrogen) atoms. The average molecular weight is 252 g/mol. The fourth-order valence-electron chi connectivity index (χ4n) is 1.96. The number of nitrogen functional groups attached to an aromatic ring is 1. The smallest absolute Gasteiger partial charge is 0.337 e. The zero-order valence-corrected chi connectivity index (χ0v) is 10.3. The van der Waals surface area contributed by atoms with E-state index in [1.165, 1.54) is 0 Å². The SMILES string of the molecule is Nc1cccc(C(=O)O)c1NC1CCSCC1. The van der Waals surface area contributed by atoms with Gasteiger partial charge in [-0.25, -0.2) is 4.79 Å². The Hall–Kier alpha value is -1.36. The molecule has 0 saturated carbocycles. The van der Waals surface area contributed by atoms with E-state index in [9.17, 15) is 4.79 Å². The van der Waals surface area contributed by atoms with Gasteiger partial charge >= 0.3 is 5.97 Å². The second-order valence-electron chi connectivity index (χ2n) is 4.11. The molecule has 0 bridgehead atoms. The lowest BCUT2D eigenvalue weighted by molar-refractivity contribution is 0.0698. The fraction of sp³-hybridized carbons (Fsp3) is 0.417. The molecule has 1 aliphatic rings. The van der Waals surface area contributed by atoms with Crippen molar-refractivity contribution < 1.29 is 9.90 Å². The summed E-state index contributed by atoms with van der Waals surface area (Å²) in [4.78, 5) is 11.1. The number of benzene rings is 1. The van der Waals surface area contributed by atoms with Crippen molar-refractivity contribution in [2.75, 3.05) is 22.6 Å². The lowest BCUT2D eigenvalue weighted by Crippen LogP contribution is -2.26. The largest absolute Gasteiger partial charge is 0.478 e. The zero-order valence-electron chi connectivity index (χ0n) is 9.48. The molecule has 0 radical (unpaired) electrons. The highest BCUT2D eigenvalue weighted by atomic mass is 32.2. The number of nitrogens with two attached hydrogens (primary N) is 1. The van der Waals surface area contributed by atoms with Crippen molar-refractivity contribution in [2.45, 2.75) is 18.9 Å². The molecule has 1 fully saturated rings. The van der Waals surface area contributed by atoms with Gasteiger partial charge in [0.25, 0.3) is 0 Å². The maximum Gasteiger partial charge on any atom is 0.337 e. The maximum atomic E-state index is 11.1. The molecular weight excluding hydrogens is 236 g/mol. The third-order valence-electron chi connectivity index (χ3n) is 2.90. The number of hydrogen-bond donors (Lipinski definition) is 3. The highest BCUT2D eigenvalue weighted by molar-refractivity contribution is 7.99. The van der Waals surface area contributed by atoms with E-state index in [1.54, 1.807) is 18.2 Å². The third-order valence-corrected chi connectivity index (χ3v) is 3.95. The molecule has 1 aromatic carbocycles. The molecule has 0 atom stereocenters. The monoisotopic (exact) mass is 252 g/mol. The number of thioether (sulfide) groups is 1. The van der Waals surface area contributed by atoms with Crippen molar-refractivity contribution >= 4 is 29.1 Å². The Morgan fingerprint density at radius 3 is 2.76 bits per heavy atom. The second kappa shape index (κ2) is 5.31. The number of nitrogens with one attached hydrogen (secondary N) is 1. The van der Waals surface area contributed by atoms with Crippen LogP contribution in [0.5, 0.6) is 0 Å². The molecule has 4 nitrogen and oxygen atoms in total. The average Bonchev–Trinajstić information content (AvgIpc) is 2.33. The first-order valence-corrected chi connectivity index (χ1v) is 6.80. The van der Waals surface area contributed by atoms with E-state index in [1.807, 2.05) is 11.8 Å². The Morgan fingerprint density at radius 1 is 1.41 bits per heavy atom. The first-order valence-electron chi connectivity index (χ1n) is 5.64. The van der Waals surface area contributed by atoms with Crippen molar-refractivity contribution in [3.8, 4) is 0 Å². The minimum Gasteiger partial charge on any atom is -0.478 e. The number of aromatic carboxylic acids is 1. The summed E-state index contributed by atoms with van der Waals surface area (Å²) in [5, 5.41) is 12.4. The van der Waals surface area contributed by atoms with E-state index in [-0.39, 0.29) is 5.56 Å². The Bertz CT molecular complexity index is 417. The van der Waals surface area contributed by atoms with Crippen LogP contribution >= 0.6 is 11.8 Å². The summed E-state index contributed by atoms with van der Waals surface area (Å²) in [6.45, 7) is 0. The normalized spacial score (nSPS) is 16.7. The number of rotatable bonds is 3. The van der Waals surface area contributed by atoms with Crippen LogP contribution in [0, 0.1) is 0 Å². The maximum absolute atomic E-state index is 11.1. The predicted molar refractivity (Wildman–Crippen MR) is 71.8 cm³/mol. The number of hydrogen-bond acceptors (Lipinski definition) is 4. The second-order valence-corrected chi connectivity index (χ2v) is 5.33. The fourth-order valence-corrected chi connectivity index (χ4v) is 3.06. The van der Waals surface area contributed by atoms with E-state index < -0.39 is 5.97 Å². The lowest BCUT2D eigenvalue weighted by Gasteiger charge is -2.25. The van der Waals surface area contributed by atoms with E-state index in [0.29, 0.717) is 17.4 Å². The summed E-state index contributed by atoms with van der Waals surface area (Å²) in [7, 11) is 0. The predicted octanol–water partition coefficient (Wildman–Crippen LogP) is 2.27. The lowest BCUT2D eigenvalue weighted by atomic mass is 10.1. The number of anilines is 2. The van der Waals surface area contributed by atoms with Gasteiger partial charge in [0.15, 0.2) is 0 Å². The van der Waals surface area contributed by atoms with E-state index >= 15 is 0 Å². The minimum atomic E-state index is -0.940. The molecule has 0 aromatic heterocycles. The van der Waals surface area contributed by atoms with Crippen molar-refractivity contribution in [3.05, 3.63) is 23.8 Å². The number of para-hydroxylation sites is 1. The first kappa shape index (κ1) is 12.1. The van der Waals surface area contributed by atoms with Crippen molar-refractivity contribution in [3.63, 3.8) is 0 Å². The van der Waals surface area contributed by atoms with Crippen molar-refractivity contribution in [2.24, 2.45) is 0 Å². The molecule has 1 saturated heterocycles. The summed E-state index contributed by atoms with van der Waals surface area (Å²) in [6.07, 6.45) is 2.11. The number of carboxylic acid groups (broad SMARTS) is 1. The highest BCUT2D eigenvalue weighted by Gasteiger charge is 2.18. The Balaban J connectivity index is 2.21. The van der Waals surface area contributed by atoms with Gasteiger partial charge in [-0.1, -0.05) is 6.07 Å². The molecule has 1 aromatic rings. The Labute approximate surface area is 105 Å². The minimum absolute atomic E-state index is 0.253. The Morgan fingerprint density at radius 2 is 2.12 bits per heavy atom. The van der Waals surface area contributed by atoms with Gasteiger partial charge in [0.05, 0.1) is 16.9 Å². The van der Waals surface area contributed by atoms with E-state index in [0.717, 1.165) is 24.3 Å². The molecule has 0 spiro atoms. The molecular formula is C12H16N2O2S. The zero-order chi connectivity index (χ0) is 12.3. The van der Waals surface area contributed by atoms with Gasteiger partial charge in [-0.15, -0.1) is 0 Å². The van der Waals surface area contributed by atoms with Crippen LogP contribution in [0.2, 0.25) is 0 Å². The first-order chi connectivity index (χ1) is 8.18. The van der Waals surface area contributed by atoms with E-state index in [2.05, 4.69) is 5.32 Å². The summed E-state index contributed by atoms with van der Waals surface area (Å²) < 4.78 is 0. The van der Waals surface area contributed by atoms with Crippen molar-refractivity contribution in [1.29, 1.82) is 0 Å². The number of carbonyl (C=O) groups is 1. The van der Waals surface area contributed by atoms with Gasteiger partial charge in [0, 0.05) is 6.04 Å². The molecule has 92 valence electrons. The van der Waals surface area contributed by atoms with Crippen LogP contribution in [0.4, 0.5) is 11.4 Å². The highest BCUT2D eigenvalue weighted by Crippen LogP contribution is 2.27. The standard InChI is InChI=1S/C12H16N2O2S/c13-10-3-1-2-9(12(15)16)11(10)14-8-4-6-17-7-5-8/h1-3,8,14H,4-7,13H2,(H,15,16). The quantitative estimate of drug-likeness (QED) is 0.719. The molecule has 1 heterocycles. The van der Waals surface area contributed by atoms with Crippen LogP contribution in [0.25, 0.3) is 0 Å². The van der Waals surface area contributed by atoms with Gasteiger partial charge in [0.2, 0.25) is 0 Å². The van der Waals surface area contributed by atoms with Crippen molar-refractivity contribution in [1.82, 2.24) is 0 Å². The van der Waals surface area contributed by atoms with Crippen LogP contribution < -0.4 is 11.1 Å². The summed E-state index contributed by atoms with van der Waals surface area (Å²) in [6, 6.07) is 5.31. The van der Waals surface area contributed by atoms with Crippen LogP contribution in [0.3, 0.4) is 0 Å². The molecule has 0 aliphatic carbocycles. The van der Waals surface area contributed by atoms with Gasteiger partial charge in [-0.05, 0) is 36.5 Å². The summed E-state index contributed by atoms with van der Waals surface area (Å²) >= 11 is 1.94. The van der Waals surface area contributed by atoms with Gasteiger partial charge in [0.1, 0.15) is 0 Å². The Kier molecular flexibility index (Phi) is 3.78.